The van der Waals surface area contributed by atoms with Crippen LogP contribution in [-0.4, -0.2) is 130 Å². The number of nitrogens with zero attached hydrogens (tertiary/aromatic N) is 7. The molecule has 3 N–H and O–H groups in total. The van der Waals surface area contributed by atoms with Crippen molar-refractivity contribution >= 4 is 82.6 Å². The molecule has 4 heterocycles. The molecular formula is C36H45ClF2N10O8. The Morgan fingerprint density at radius 2 is 1.26 bits per heavy atom. The van der Waals surface area contributed by atoms with Crippen molar-refractivity contribution in [3.8, 4) is 0 Å². The van der Waals surface area contributed by atoms with Crippen molar-refractivity contribution in [2.24, 2.45) is 10.2 Å². The number of anilines is 4. The Balaban J connectivity index is 0.000000228. The van der Waals surface area contributed by atoms with Crippen molar-refractivity contribution in [3.05, 3.63) is 48.0 Å². The minimum Gasteiger partial charge on any atom is -0.442 e. The maximum absolute atomic E-state index is 14.7. The monoisotopic (exact) mass is 818 g/mol. The van der Waals surface area contributed by atoms with Crippen molar-refractivity contribution in [3.63, 3.8) is 0 Å². The van der Waals surface area contributed by atoms with Gasteiger partial charge in [0.2, 0.25) is 11.8 Å². The predicted molar refractivity (Wildman–Crippen MR) is 209 cm³/mol. The molecule has 2 atom stereocenters. The van der Waals surface area contributed by atoms with Crippen molar-refractivity contribution in [2.45, 2.75) is 39.9 Å². The fourth-order valence-electron chi connectivity index (χ4n) is 5.61. The van der Waals surface area contributed by atoms with Gasteiger partial charge >= 0.3 is 12.2 Å². The molecule has 4 amide bonds. The van der Waals surface area contributed by atoms with Gasteiger partial charge in [0.05, 0.1) is 74.4 Å². The highest BCUT2D eigenvalue weighted by atomic mass is 35.5. The smallest absolute Gasteiger partial charge is 0.414 e. The Hall–Kier alpha value is -6.05. The molecule has 57 heavy (non-hydrogen) atoms. The highest BCUT2D eigenvalue weighted by molar-refractivity contribution is 6.27. The van der Waals surface area contributed by atoms with E-state index in [1.54, 1.807) is 39.1 Å². The molecule has 2 aromatic rings. The zero-order chi connectivity index (χ0) is 41.6. The molecular weight excluding hydrogens is 774 g/mol. The van der Waals surface area contributed by atoms with Gasteiger partial charge < -0.3 is 35.3 Å². The van der Waals surface area contributed by atoms with Crippen molar-refractivity contribution < 1.29 is 47.0 Å². The van der Waals surface area contributed by atoms with E-state index >= 15 is 0 Å². The van der Waals surface area contributed by atoms with Gasteiger partial charge in [-0.2, -0.15) is 10.2 Å². The summed E-state index contributed by atoms with van der Waals surface area (Å²) < 4.78 is 39.4. The number of amides is 4. The standard InChI is InChI=1S/C18H22FN5O4.C15H18FN5O3.C3H5ClO/c1-12(25)9-23-6-5-22(11-21-23)17-4-3-14(7-16(17)19)24-10-15(28-18(24)27)8-20-13(2)26;1-10(22)17-7-12-8-21(15(23)24-12)11-2-3-14(13(16)6-11)20-5-4-18-19-9-20;1-3(5)2-4/h3-4,7,11,15H,5-6,8-10H2,1-2H3,(H,20,26);2-3,6,9,12,18H,4-5,7-8H2,1H3,(H,17,22);2H2,1H3/t15-;12-;/m00./s1. The second kappa shape index (κ2) is 20.7. The van der Waals surface area contributed by atoms with E-state index in [9.17, 15) is 37.5 Å². The predicted octanol–water partition coefficient (Wildman–Crippen LogP) is 2.40. The Morgan fingerprint density at radius 3 is 1.63 bits per heavy atom. The first-order chi connectivity index (χ1) is 27.1. The van der Waals surface area contributed by atoms with E-state index < -0.39 is 36.0 Å². The summed E-state index contributed by atoms with van der Waals surface area (Å²) >= 11 is 4.99. The zero-order valence-electron chi connectivity index (χ0n) is 31.9. The van der Waals surface area contributed by atoms with Gasteiger partial charge in [-0.1, -0.05) is 0 Å². The van der Waals surface area contributed by atoms with E-state index in [0.29, 0.717) is 48.9 Å². The van der Waals surface area contributed by atoms with Crippen LogP contribution < -0.4 is 35.7 Å². The number of cyclic esters (lactones) is 2. The van der Waals surface area contributed by atoms with Crippen LogP contribution in [0, 0.1) is 11.6 Å². The van der Waals surface area contributed by atoms with Gasteiger partial charge in [-0.3, -0.25) is 34.0 Å². The Bertz CT molecular complexity index is 1870. The number of halogens is 3. The third-order valence-corrected chi connectivity index (χ3v) is 8.69. The Morgan fingerprint density at radius 1 is 0.772 bits per heavy atom. The largest absolute Gasteiger partial charge is 0.442 e. The molecule has 18 nitrogen and oxygen atoms in total. The fraction of sp³-hybridized carbons (Fsp3) is 0.444. The summed E-state index contributed by atoms with van der Waals surface area (Å²) in [6.07, 6.45) is 0.931. The van der Waals surface area contributed by atoms with Gasteiger partial charge in [0.1, 0.15) is 42.3 Å². The van der Waals surface area contributed by atoms with E-state index in [0.717, 1.165) is 0 Å². The number of hydrazone groups is 2. The van der Waals surface area contributed by atoms with Crippen LogP contribution in [0.5, 0.6) is 0 Å². The Kier molecular flexibility index (Phi) is 15.9. The molecule has 6 rings (SSSR count). The van der Waals surface area contributed by atoms with Gasteiger partial charge in [-0.15, -0.1) is 11.6 Å². The highest BCUT2D eigenvalue weighted by Crippen LogP contribution is 2.29. The lowest BCUT2D eigenvalue weighted by Crippen LogP contribution is -2.40. The van der Waals surface area contributed by atoms with Crippen molar-refractivity contribution in [1.29, 1.82) is 0 Å². The van der Waals surface area contributed by atoms with E-state index in [1.165, 1.54) is 62.3 Å². The number of hydrogen-bond acceptors (Lipinski definition) is 14. The molecule has 0 aliphatic carbocycles. The lowest BCUT2D eigenvalue weighted by molar-refractivity contribution is -0.120. The summed E-state index contributed by atoms with van der Waals surface area (Å²) in [5.74, 6) is -1.18. The topological polar surface area (TPSA) is 198 Å². The number of Topliss-reactive ketones (excluding diaryl/α,β-unsaturated/α-hetero) is 2. The molecule has 4 aliphatic rings. The summed E-state index contributed by atoms with van der Waals surface area (Å²) in [7, 11) is 0. The Labute approximate surface area is 332 Å². The average molecular weight is 819 g/mol. The van der Waals surface area contributed by atoms with Crippen LogP contribution in [0.1, 0.15) is 27.7 Å². The van der Waals surface area contributed by atoms with Crippen molar-refractivity contribution in [2.75, 3.05) is 84.4 Å². The first kappa shape index (κ1) is 43.7. The molecule has 4 aliphatic heterocycles. The van der Waals surface area contributed by atoms with E-state index in [1.807, 2.05) is 0 Å². The van der Waals surface area contributed by atoms with Crippen LogP contribution in [0.4, 0.5) is 41.1 Å². The van der Waals surface area contributed by atoms with E-state index in [2.05, 4.69) is 26.3 Å². The summed E-state index contributed by atoms with van der Waals surface area (Å²) in [4.78, 5) is 72.8. The van der Waals surface area contributed by atoms with Gasteiger partial charge in [0.15, 0.2) is 5.78 Å². The first-order valence-electron chi connectivity index (χ1n) is 17.8. The second-order valence-electron chi connectivity index (χ2n) is 13.1. The zero-order valence-corrected chi connectivity index (χ0v) is 32.6. The quantitative estimate of drug-likeness (QED) is 0.281. The highest BCUT2D eigenvalue weighted by Gasteiger charge is 2.34. The molecule has 0 bridgehead atoms. The van der Waals surface area contributed by atoms with Gasteiger partial charge in [0.25, 0.3) is 0 Å². The third-order valence-electron chi connectivity index (χ3n) is 8.31. The van der Waals surface area contributed by atoms with Gasteiger partial charge in [-0.25, -0.2) is 18.4 Å². The van der Waals surface area contributed by atoms with E-state index in [-0.39, 0.29) is 62.0 Å². The first-order valence-corrected chi connectivity index (χ1v) is 18.4. The van der Waals surface area contributed by atoms with Crippen LogP contribution >= 0.6 is 11.6 Å². The van der Waals surface area contributed by atoms with Crippen LogP contribution in [0.25, 0.3) is 0 Å². The molecule has 2 fully saturated rings. The van der Waals surface area contributed by atoms with Crippen LogP contribution in [0.15, 0.2) is 46.6 Å². The lowest BCUT2D eigenvalue weighted by Gasteiger charge is -2.29. The molecule has 0 aromatic heterocycles. The maximum atomic E-state index is 14.7. The number of rotatable bonds is 11. The van der Waals surface area contributed by atoms with E-state index in [4.69, 9.17) is 21.1 Å². The number of ether oxygens (including phenoxy) is 2. The number of ketones is 2. The fourth-order valence-corrected chi connectivity index (χ4v) is 5.61. The summed E-state index contributed by atoms with van der Waals surface area (Å²) in [6, 6.07) is 9.05. The number of carbonyl (C=O) groups excluding carboxylic acids is 6. The third kappa shape index (κ3) is 13.0. The van der Waals surface area contributed by atoms with Crippen LogP contribution in [0.2, 0.25) is 0 Å². The number of hydrogen-bond donors (Lipinski definition) is 3. The molecule has 2 aromatic carbocycles. The van der Waals surface area contributed by atoms with Crippen molar-refractivity contribution in [1.82, 2.24) is 21.1 Å². The molecule has 21 heteroatoms. The lowest BCUT2D eigenvalue weighted by atomic mass is 10.2. The SMILES string of the molecule is CC(=O)CCl.CC(=O)CN1CCN(c2ccc(N3C[C@H](CNC(C)=O)OC3=O)cc2F)C=N1.CC(=O)NC[C@H]1CN(c2ccc(N3C=NNCC3)c(F)c2)C(=O)O1. The summed E-state index contributed by atoms with van der Waals surface area (Å²) in [6.45, 7) is 9.07. The minimum atomic E-state index is -0.582. The number of alkyl halides is 1. The minimum absolute atomic E-state index is 0.00967. The molecule has 0 radical (unpaired) electrons. The number of carbonyl (C=O) groups is 6. The van der Waals surface area contributed by atoms with Gasteiger partial charge in [0, 0.05) is 26.9 Å². The molecule has 308 valence electrons. The second-order valence-corrected chi connectivity index (χ2v) is 13.3. The van der Waals surface area contributed by atoms with Crippen LogP contribution in [0.3, 0.4) is 0 Å². The molecule has 0 spiro atoms. The molecule has 2 saturated heterocycles. The molecule has 0 saturated carbocycles. The van der Waals surface area contributed by atoms with Crippen LogP contribution in [-0.2, 0) is 28.7 Å². The average Bonchev–Trinajstić information content (AvgIpc) is 3.75. The molecule has 0 unspecified atom stereocenters. The maximum Gasteiger partial charge on any atom is 0.414 e. The number of nitrogens with one attached hydrogen (secondary N) is 3. The summed E-state index contributed by atoms with van der Waals surface area (Å²) in [5, 5.41) is 14.9. The summed E-state index contributed by atoms with van der Waals surface area (Å²) in [5.41, 5.74) is 4.32. The normalized spacial score (nSPS) is 18.4. The van der Waals surface area contributed by atoms with Gasteiger partial charge in [-0.05, 0) is 50.2 Å². The number of benzene rings is 2.